The molecule has 2 saturated heterocycles. The second-order valence-corrected chi connectivity index (χ2v) is 7.03. The summed E-state index contributed by atoms with van der Waals surface area (Å²) >= 11 is 0. The zero-order valence-corrected chi connectivity index (χ0v) is 12.9. The number of amides is 2. The largest absolute Gasteiger partial charge is 0.340 e. The van der Waals surface area contributed by atoms with Gasteiger partial charge in [0.1, 0.15) is 0 Å². The third-order valence-corrected chi connectivity index (χ3v) is 4.46. The maximum absolute atomic E-state index is 12.3. The van der Waals surface area contributed by atoms with Crippen LogP contribution in [0.4, 0.5) is 0 Å². The van der Waals surface area contributed by atoms with E-state index in [4.69, 9.17) is 0 Å². The number of hydrogen-bond donors (Lipinski definition) is 1. The Morgan fingerprint density at radius 1 is 1.30 bits per heavy atom. The van der Waals surface area contributed by atoms with E-state index < -0.39 is 0 Å². The zero-order valence-electron chi connectivity index (χ0n) is 12.9. The molecule has 5 heteroatoms. The Morgan fingerprint density at radius 3 is 2.70 bits per heavy atom. The van der Waals surface area contributed by atoms with Crippen molar-refractivity contribution in [1.29, 1.82) is 0 Å². The van der Waals surface area contributed by atoms with E-state index in [0.717, 1.165) is 39.1 Å². The molecule has 5 nitrogen and oxygen atoms in total. The van der Waals surface area contributed by atoms with Crippen LogP contribution in [0.5, 0.6) is 0 Å². The van der Waals surface area contributed by atoms with Crippen LogP contribution in [0, 0.1) is 11.3 Å². The lowest BCUT2D eigenvalue weighted by Crippen LogP contribution is -2.42. The summed E-state index contributed by atoms with van der Waals surface area (Å²) in [7, 11) is 0. The summed E-state index contributed by atoms with van der Waals surface area (Å²) in [6, 6.07) is 0. The van der Waals surface area contributed by atoms with Crippen LogP contribution < -0.4 is 5.32 Å². The Balaban J connectivity index is 1.89. The van der Waals surface area contributed by atoms with Crippen LogP contribution in [0.15, 0.2) is 0 Å². The fraction of sp³-hybridized carbons (Fsp3) is 0.867. The lowest BCUT2D eigenvalue weighted by Gasteiger charge is -2.27. The predicted molar refractivity (Wildman–Crippen MR) is 78.2 cm³/mol. The molecule has 20 heavy (non-hydrogen) atoms. The lowest BCUT2D eigenvalue weighted by molar-refractivity contribution is -0.138. The van der Waals surface area contributed by atoms with Crippen LogP contribution in [0.3, 0.4) is 0 Å². The van der Waals surface area contributed by atoms with Crippen LogP contribution in [0.25, 0.3) is 0 Å². The second kappa shape index (κ2) is 6.12. The summed E-state index contributed by atoms with van der Waals surface area (Å²) in [5, 5.41) is 3.29. The van der Waals surface area contributed by atoms with E-state index in [0.29, 0.717) is 12.3 Å². The molecule has 2 aliphatic rings. The number of carbonyl (C=O) groups is 2. The molecule has 0 radical (unpaired) electrons. The number of likely N-dealkylation sites (tertiary alicyclic amines) is 1. The number of hydrogen-bond acceptors (Lipinski definition) is 3. The Labute approximate surface area is 121 Å². The minimum absolute atomic E-state index is 0.0941. The van der Waals surface area contributed by atoms with Gasteiger partial charge in [-0.15, -0.1) is 0 Å². The molecule has 114 valence electrons. The van der Waals surface area contributed by atoms with Gasteiger partial charge in [-0.25, -0.2) is 0 Å². The van der Waals surface area contributed by atoms with E-state index in [9.17, 15) is 9.59 Å². The van der Waals surface area contributed by atoms with Gasteiger partial charge < -0.3 is 15.1 Å². The third kappa shape index (κ3) is 3.72. The Bertz CT molecular complexity index is 368. The lowest BCUT2D eigenvalue weighted by atomic mass is 9.80. The highest BCUT2D eigenvalue weighted by molar-refractivity contribution is 5.86. The van der Waals surface area contributed by atoms with Gasteiger partial charge in [-0.1, -0.05) is 20.8 Å². The Morgan fingerprint density at radius 2 is 2.05 bits per heavy atom. The quantitative estimate of drug-likeness (QED) is 0.811. The summed E-state index contributed by atoms with van der Waals surface area (Å²) in [6.45, 7) is 10.8. The summed E-state index contributed by atoms with van der Waals surface area (Å²) in [5.74, 6) is 0.580. The van der Waals surface area contributed by atoms with Crippen molar-refractivity contribution in [3.63, 3.8) is 0 Å². The molecule has 1 N–H and O–H groups in total. The summed E-state index contributed by atoms with van der Waals surface area (Å²) < 4.78 is 0. The van der Waals surface area contributed by atoms with Gasteiger partial charge in [-0.05, 0) is 24.3 Å². The standard InChI is InChI=1S/C15H27N3O2/c1-15(2,3)12-9-13(19)18(10-12)11-14(20)17-7-4-5-16-6-8-17/h12,16H,4-11H2,1-3H3. The summed E-state index contributed by atoms with van der Waals surface area (Å²) in [6.07, 6.45) is 1.57. The van der Waals surface area contributed by atoms with E-state index >= 15 is 0 Å². The van der Waals surface area contributed by atoms with Crippen molar-refractivity contribution in [3.8, 4) is 0 Å². The van der Waals surface area contributed by atoms with E-state index in [1.807, 2.05) is 4.90 Å². The highest BCUT2D eigenvalue weighted by Gasteiger charge is 2.37. The van der Waals surface area contributed by atoms with Crippen molar-refractivity contribution in [2.75, 3.05) is 39.3 Å². The molecule has 1 atom stereocenters. The maximum atomic E-state index is 12.3. The summed E-state index contributed by atoms with van der Waals surface area (Å²) in [5.41, 5.74) is 0.125. The Kier molecular flexibility index (Phi) is 4.68. The van der Waals surface area contributed by atoms with Gasteiger partial charge in [0.25, 0.3) is 0 Å². The van der Waals surface area contributed by atoms with E-state index in [1.165, 1.54) is 0 Å². The van der Waals surface area contributed by atoms with Gasteiger partial charge in [0, 0.05) is 32.6 Å². The minimum Gasteiger partial charge on any atom is -0.340 e. The molecule has 2 heterocycles. The molecule has 0 aromatic carbocycles. The minimum atomic E-state index is 0.0941. The van der Waals surface area contributed by atoms with Gasteiger partial charge in [-0.2, -0.15) is 0 Å². The van der Waals surface area contributed by atoms with E-state index in [1.54, 1.807) is 4.90 Å². The maximum Gasteiger partial charge on any atom is 0.242 e. The van der Waals surface area contributed by atoms with Crippen molar-refractivity contribution in [2.45, 2.75) is 33.6 Å². The number of carbonyl (C=O) groups excluding carboxylic acids is 2. The van der Waals surface area contributed by atoms with Crippen LogP contribution >= 0.6 is 0 Å². The van der Waals surface area contributed by atoms with Gasteiger partial charge in [0.15, 0.2) is 0 Å². The van der Waals surface area contributed by atoms with Crippen LogP contribution in [0.2, 0.25) is 0 Å². The second-order valence-electron chi connectivity index (χ2n) is 7.03. The Hall–Kier alpha value is -1.10. The van der Waals surface area contributed by atoms with Crippen LogP contribution in [-0.4, -0.2) is 60.9 Å². The molecule has 2 fully saturated rings. The van der Waals surface area contributed by atoms with Gasteiger partial charge in [0.2, 0.25) is 11.8 Å². The molecule has 2 amide bonds. The van der Waals surface area contributed by atoms with E-state index in [-0.39, 0.29) is 23.8 Å². The molecule has 0 spiro atoms. The first-order chi connectivity index (χ1) is 9.38. The molecule has 0 saturated carbocycles. The first-order valence-corrected chi connectivity index (χ1v) is 7.64. The highest BCUT2D eigenvalue weighted by atomic mass is 16.2. The van der Waals surface area contributed by atoms with Gasteiger partial charge in [-0.3, -0.25) is 9.59 Å². The highest BCUT2D eigenvalue weighted by Crippen LogP contribution is 2.34. The fourth-order valence-electron chi connectivity index (χ4n) is 2.86. The molecule has 0 aliphatic carbocycles. The molecule has 0 bridgehead atoms. The van der Waals surface area contributed by atoms with Crippen molar-refractivity contribution in [2.24, 2.45) is 11.3 Å². The molecule has 0 aromatic rings. The number of nitrogens with zero attached hydrogens (tertiary/aromatic N) is 2. The number of nitrogens with one attached hydrogen (secondary N) is 1. The normalized spacial score (nSPS) is 24.9. The summed E-state index contributed by atoms with van der Waals surface area (Å²) in [4.78, 5) is 28.0. The molecule has 0 aromatic heterocycles. The third-order valence-electron chi connectivity index (χ3n) is 4.46. The van der Waals surface area contributed by atoms with Crippen molar-refractivity contribution in [3.05, 3.63) is 0 Å². The van der Waals surface area contributed by atoms with E-state index in [2.05, 4.69) is 26.1 Å². The van der Waals surface area contributed by atoms with Crippen molar-refractivity contribution in [1.82, 2.24) is 15.1 Å². The zero-order chi connectivity index (χ0) is 14.8. The van der Waals surface area contributed by atoms with Crippen LogP contribution in [-0.2, 0) is 9.59 Å². The molecule has 1 unspecified atom stereocenters. The molecular weight excluding hydrogens is 254 g/mol. The average molecular weight is 281 g/mol. The molecular formula is C15H27N3O2. The number of rotatable bonds is 2. The fourth-order valence-corrected chi connectivity index (χ4v) is 2.86. The smallest absolute Gasteiger partial charge is 0.242 e. The van der Waals surface area contributed by atoms with Gasteiger partial charge in [0.05, 0.1) is 6.54 Å². The predicted octanol–water partition coefficient (Wildman–Crippen LogP) is 0.703. The monoisotopic (exact) mass is 281 g/mol. The van der Waals surface area contributed by atoms with Crippen molar-refractivity contribution >= 4 is 11.8 Å². The first kappa shape index (κ1) is 15.3. The van der Waals surface area contributed by atoms with Crippen LogP contribution in [0.1, 0.15) is 33.6 Å². The molecule has 2 rings (SSSR count). The molecule has 2 aliphatic heterocycles. The van der Waals surface area contributed by atoms with Crippen molar-refractivity contribution < 1.29 is 9.59 Å². The SMILES string of the molecule is CC(C)(C)C1CC(=O)N(CC(=O)N2CCCNCC2)C1. The average Bonchev–Trinajstić information content (AvgIpc) is 2.61. The van der Waals surface area contributed by atoms with Gasteiger partial charge >= 0.3 is 0 Å². The topological polar surface area (TPSA) is 52.7 Å². The first-order valence-electron chi connectivity index (χ1n) is 7.64.